The summed E-state index contributed by atoms with van der Waals surface area (Å²) >= 11 is 0. The molecule has 0 bridgehead atoms. The van der Waals surface area contributed by atoms with Crippen LogP contribution in [-0.4, -0.2) is 43.4 Å². The highest BCUT2D eigenvalue weighted by Crippen LogP contribution is 2.22. The Morgan fingerprint density at radius 1 is 1.06 bits per heavy atom. The van der Waals surface area contributed by atoms with Crippen LogP contribution >= 0.6 is 0 Å². The number of fused-ring (bicyclic) bond motifs is 1. The fourth-order valence-corrected chi connectivity index (χ4v) is 4.05. The molecule has 0 aromatic heterocycles. The van der Waals surface area contributed by atoms with Crippen molar-refractivity contribution >= 4 is 36.2 Å². The number of rotatable bonds is 8. The van der Waals surface area contributed by atoms with Crippen molar-refractivity contribution in [1.82, 2.24) is 10.2 Å². The van der Waals surface area contributed by atoms with E-state index in [0.717, 1.165) is 30.8 Å². The molecule has 9 heteroatoms. The first-order valence-electron chi connectivity index (χ1n) is 11.5. The number of nitrogens with two attached hydrogens (primary N) is 1. The van der Waals surface area contributed by atoms with Crippen LogP contribution in [0.15, 0.2) is 76.9 Å². The average Bonchev–Trinajstić information content (AvgIpc) is 2.90. The molecule has 36 heavy (non-hydrogen) atoms. The predicted molar refractivity (Wildman–Crippen MR) is 143 cm³/mol. The zero-order valence-electron chi connectivity index (χ0n) is 20.1. The zero-order valence-corrected chi connectivity index (χ0v) is 20.1. The van der Waals surface area contributed by atoms with E-state index in [2.05, 4.69) is 45.6 Å². The molecule has 2 amide bonds. The third kappa shape index (κ3) is 6.21. The minimum Gasteiger partial charge on any atom is -0.348 e. The summed E-state index contributed by atoms with van der Waals surface area (Å²) in [5, 5.41) is 14.1. The predicted octanol–water partition coefficient (Wildman–Crippen LogP) is 3.18. The van der Waals surface area contributed by atoms with Gasteiger partial charge in [-0.2, -0.15) is 5.10 Å². The first kappa shape index (κ1) is 24.8. The Balaban J connectivity index is 1.38. The van der Waals surface area contributed by atoms with Gasteiger partial charge >= 0.3 is 0 Å². The highest BCUT2D eigenvalue weighted by molar-refractivity contribution is 6.04. The number of hydrogen-bond donors (Lipinski definition) is 3. The Morgan fingerprint density at radius 3 is 2.64 bits per heavy atom. The second-order valence-corrected chi connectivity index (χ2v) is 8.64. The summed E-state index contributed by atoms with van der Waals surface area (Å²) in [4.78, 5) is 27.8. The Morgan fingerprint density at radius 2 is 1.83 bits per heavy atom. The van der Waals surface area contributed by atoms with Crippen LogP contribution in [0.3, 0.4) is 0 Å². The highest BCUT2D eigenvalue weighted by Gasteiger charge is 2.15. The summed E-state index contributed by atoms with van der Waals surface area (Å²) in [6.45, 7) is 5.45. The molecule has 0 aliphatic carbocycles. The molecule has 4 N–H and O–H groups in total. The smallest absolute Gasteiger partial charge is 0.255 e. The van der Waals surface area contributed by atoms with Crippen LogP contribution in [0.4, 0.5) is 11.4 Å². The van der Waals surface area contributed by atoms with E-state index < -0.39 is 0 Å². The molecular weight excluding hydrogens is 454 g/mol. The fraction of sp³-hybridized carbons (Fsp3) is 0.185. The number of hydrogen-bond acceptors (Lipinski definition) is 6. The van der Waals surface area contributed by atoms with Gasteiger partial charge in [-0.15, -0.1) is 5.10 Å². The van der Waals surface area contributed by atoms with Crippen LogP contribution in [-0.2, 0) is 19.5 Å². The van der Waals surface area contributed by atoms with Gasteiger partial charge in [0.2, 0.25) is 0 Å². The van der Waals surface area contributed by atoms with E-state index >= 15 is 0 Å². The number of nitrogens with one attached hydrogen (secondary N) is 2. The van der Waals surface area contributed by atoms with E-state index in [1.54, 1.807) is 42.5 Å². The maximum atomic E-state index is 12.9. The maximum absolute atomic E-state index is 12.9. The molecule has 0 fully saturated rings. The number of hydrazine groups is 1. The SMILES string of the molecule is C=N/N=C\N(N)c1cccc(C(=O)NCc2cccc(C(=O)Nc3ccc4c(c3)CN(C)CC4)c2)c1. The lowest BCUT2D eigenvalue weighted by atomic mass is 9.99. The molecular formula is C27H29N7O2. The second-order valence-electron chi connectivity index (χ2n) is 8.64. The van der Waals surface area contributed by atoms with E-state index in [4.69, 9.17) is 5.84 Å². The molecule has 0 radical (unpaired) electrons. The number of likely N-dealkylation sites (N-methyl/N-ethyl adjacent to an activating group) is 1. The Hall–Kier alpha value is -4.34. The lowest BCUT2D eigenvalue weighted by molar-refractivity contribution is 0.0950. The monoisotopic (exact) mass is 483 g/mol. The van der Waals surface area contributed by atoms with E-state index in [0.29, 0.717) is 16.8 Å². The molecule has 3 aromatic carbocycles. The van der Waals surface area contributed by atoms with Crippen molar-refractivity contribution in [3.63, 3.8) is 0 Å². The topological polar surface area (TPSA) is 115 Å². The van der Waals surface area contributed by atoms with Crippen LogP contribution < -0.4 is 21.5 Å². The summed E-state index contributed by atoms with van der Waals surface area (Å²) in [6, 6.07) is 20.1. The standard InChI is InChI=1S/C27H29N7O2/c1-29-31-18-34(28)25-8-4-7-22(15-25)26(35)30-16-19-5-3-6-21(13-19)27(36)32-24-10-9-20-11-12-33(2)17-23(20)14-24/h3-10,13-15,18H,1,11-12,16-17,28H2,2H3,(H,30,35)(H,32,36)/b31-18-. The van der Waals surface area contributed by atoms with Gasteiger partial charge in [0.05, 0.1) is 5.69 Å². The number of benzene rings is 3. The van der Waals surface area contributed by atoms with Gasteiger partial charge in [0.1, 0.15) is 6.34 Å². The first-order chi connectivity index (χ1) is 17.4. The lowest BCUT2D eigenvalue weighted by Crippen LogP contribution is -2.29. The van der Waals surface area contributed by atoms with Crippen molar-refractivity contribution in [1.29, 1.82) is 0 Å². The van der Waals surface area contributed by atoms with E-state index in [1.165, 1.54) is 22.5 Å². The number of carbonyl (C=O) groups is 2. The Labute approximate surface area is 210 Å². The average molecular weight is 484 g/mol. The molecule has 1 aliphatic rings. The Bertz CT molecular complexity index is 1300. The molecule has 0 saturated heterocycles. The van der Waals surface area contributed by atoms with Crippen LogP contribution in [0.1, 0.15) is 37.4 Å². The van der Waals surface area contributed by atoms with Crippen LogP contribution in [0.25, 0.3) is 0 Å². The van der Waals surface area contributed by atoms with Gasteiger partial charge in [-0.1, -0.05) is 24.3 Å². The van der Waals surface area contributed by atoms with Gasteiger partial charge in [0.25, 0.3) is 11.8 Å². The van der Waals surface area contributed by atoms with Gasteiger partial charge in [-0.05, 0) is 72.6 Å². The van der Waals surface area contributed by atoms with Crippen LogP contribution in [0.2, 0.25) is 0 Å². The molecule has 0 spiro atoms. The van der Waals surface area contributed by atoms with E-state index in [1.807, 2.05) is 18.2 Å². The molecule has 1 aliphatic heterocycles. The second kappa shape index (κ2) is 11.4. The molecule has 0 unspecified atom stereocenters. The molecule has 0 saturated carbocycles. The van der Waals surface area contributed by atoms with Crippen LogP contribution in [0.5, 0.6) is 0 Å². The van der Waals surface area contributed by atoms with Gasteiger partial charge in [0, 0.05) is 43.2 Å². The van der Waals surface area contributed by atoms with Gasteiger partial charge < -0.3 is 15.5 Å². The lowest BCUT2D eigenvalue weighted by Gasteiger charge is -2.25. The van der Waals surface area contributed by atoms with E-state index in [9.17, 15) is 9.59 Å². The fourth-order valence-electron chi connectivity index (χ4n) is 4.05. The summed E-state index contributed by atoms with van der Waals surface area (Å²) in [7, 11) is 2.10. The number of anilines is 2. The largest absolute Gasteiger partial charge is 0.348 e. The van der Waals surface area contributed by atoms with Crippen molar-refractivity contribution < 1.29 is 9.59 Å². The highest BCUT2D eigenvalue weighted by atomic mass is 16.2. The molecule has 4 rings (SSSR count). The van der Waals surface area contributed by atoms with Crippen molar-refractivity contribution in [2.24, 2.45) is 16.0 Å². The normalized spacial score (nSPS) is 13.2. The zero-order chi connectivity index (χ0) is 25.5. The van der Waals surface area contributed by atoms with Crippen molar-refractivity contribution in [3.05, 3.63) is 94.5 Å². The minimum atomic E-state index is -0.266. The van der Waals surface area contributed by atoms with E-state index in [-0.39, 0.29) is 18.4 Å². The molecule has 0 atom stereocenters. The Kier molecular flexibility index (Phi) is 7.84. The summed E-state index contributed by atoms with van der Waals surface area (Å²) < 4.78 is 0. The molecule has 184 valence electrons. The van der Waals surface area contributed by atoms with Gasteiger partial charge in [-0.25, -0.2) is 5.84 Å². The van der Waals surface area contributed by atoms with Crippen molar-refractivity contribution in [2.75, 3.05) is 23.9 Å². The minimum absolute atomic E-state index is 0.196. The number of carbonyl (C=O) groups excluding carboxylic acids is 2. The first-order valence-corrected chi connectivity index (χ1v) is 11.5. The summed E-state index contributed by atoms with van der Waals surface area (Å²) in [6.07, 6.45) is 2.31. The van der Waals surface area contributed by atoms with Gasteiger partial charge in [0.15, 0.2) is 0 Å². The number of amides is 2. The maximum Gasteiger partial charge on any atom is 0.255 e. The molecule has 1 heterocycles. The van der Waals surface area contributed by atoms with Crippen molar-refractivity contribution in [2.45, 2.75) is 19.5 Å². The summed E-state index contributed by atoms with van der Waals surface area (Å²) in [5.41, 5.74) is 5.68. The van der Waals surface area contributed by atoms with Gasteiger partial charge in [-0.3, -0.25) is 14.6 Å². The third-order valence-corrected chi connectivity index (χ3v) is 5.97. The molecule has 3 aromatic rings. The summed E-state index contributed by atoms with van der Waals surface area (Å²) in [5.74, 6) is 5.42. The van der Waals surface area contributed by atoms with Crippen molar-refractivity contribution in [3.8, 4) is 0 Å². The molecule has 9 nitrogen and oxygen atoms in total. The number of nitrogens with zero attached hydrogens (tertiary/aromatic N) is 4. The third-order valence-electron chi connectivity index (χ3n) is 5.97. The van der Waals surface area contributed by atoms with Crippen LogP contribution in [0, 0.1) is 0 Å². The quantitative estimate of drug-likeness (QED) is 0.197.